The number of methoxy groups -OCH3 is 1. The number of sulfonamides is 1. The summed E-state index contributed by atoms with van der Waals surface area (Å²) in [4.78, 5) is 27.5. The summed E-state index contributed by atoms with van der Waals surface area (Å²) in [5.74, 6) is 0.0624. The Morgan fingerprint density at radius 1 is 1.05 bits per heavy atom. The lowest BCUT2D eigenvalue weighted by atomic mass is 10.1. The molecule has 2 rings (SSSR count). The zero-order valence-corrected chi connectivity index (χ0v) is 23.6. The second-order valence-corrected chi connectivity index (χ2v) is 11.6. The molecule has 1 atom stereocenters. The number of benzene rings is 2. The summed E-state index contributed by atoms with van der Waals surface area (Å²) in [5.41, 5.74) is -0.391. The van der Waals surface area contributed by atoms with E-state index < -0.39 is 33.7 Å². The average molecular weight is 572 g/mol. The standard InChI is InChI=1S/C27H36F3N3O5S/c1-19(2)17-31-26(35)20(3)32(18-21-9-6-12-24(15-21)38-4)25(34)13-8-14-33(39(5,36)37)23-11-7-10-22(16-23)27(28,29)30/h6-7,9-12,15-16,19-20H,8,13-14,17-18H2,1-5H3,(H,31,35). The van der Waals surface area contributed by atoms with Crippen LogP contribution < -0.4 is 14.4 Å². The van der Waals surface area contributed by atoms with Crippen molar-refractivity contribution in [2.75, 3.05) is 30.8 Å². The first-order valence-electron chi connectivity index (χ1n) is 12.5. The Labute approximate surface area is 228 Å². The summed E-state index contributed by atoms with van der Waals surface area (Å²) in [6.07, 6.45) is -3.85. The molecule has 0 aliphatic heterocycles. The Bertz CT molecular complexity index is 1240. The first kappa shape index (κ1) is 31.9. The van der Waals surface area contributed by atoms with Gasteiger partial charge in [-0.15, -0.1) is 0 Å². The lowest BCUT2D eigenvalue weighted by Gasteiger charge is -2.30. The van der Waals surface area contributed by atoms with Crippen LogP contribution >= 0.6 is 0 Å². The first-order chi connectivity index (χ1) is 18.1. The van der Waals surface area contributed by atoms with Gasteiger partial charge in [0, 0.05) is 26.1 Å². The minimum Gasteiger partial charge on any atom is -0.497 e. The van der Waals surface area contributed by atoms with Crippen molar-refractivity contribution in [1.29, 1.82) is 0 Å². The van der Waals surface area contributed by atoms with Crippen molar-refractivity contribution in [2.45, 2.75) is 52.4 Å². The number of hydrogen-bond acceptors (Lipinski definition) is 5. The van der Waals surface area contributed by atoms with E-state index in [1.807, 2.05) is 13.8 Å². The summed E-state index contributed by atoms with van der Waals surface area (Å²) >= 11 is 0. The van der Waals surface area contributed by atoms with E-state index in [0.29, 0.717) is 12.3 Å². The molecule has 2 aromatic rings. The van der Waals surface area contributed by atoms with Crippen molar-refractivity contribution in [3.05, 3.63) is 59.7 Å². The van der Waals surface area contributed by atoms with E-state index in [0.717, 1.165) is 34.3 Å². The van der Waals surface area contributed by atoms with Gasteiger partial charge in [0.05, 0.1) is 24.6 Å². The molecular formula is C27H36F3N3O5S. The Hall–Kier alpha value is -3.28. The lowest BCUT2D eigenvalue weighted by molar-refractivity contribution is -0.140. The van der Waals surface area contributed by atoms with Gasteiger partial charge in [0.1, 0.15) is 11.8 Å². The van der Waals surface area contributed by atoms with E-state index in [4.69, 9.17) is 4.74 Å². The minimum atomic E-state index is -4.64. The van der Waals surface area contributed by atoms with Gasteiger partial charge in [-0.1, -0.05) is 32.0 Å². The number of carbonyl (C=O) groups excluding carboxylic acids is 2. The van der Waals surface area contributed by atoms with E-state index in [1.54, 1.807) is 31.2 Å². The van der Waals surface area contributed by atoms with Crippen molar-refractivity contribution >= 4 is 27.5 Å². The number of amides is 2. The van der Waals surface area contributed by atoms with E-state index in [9.17, 15) is 31.2 Å². The second-order valence-electron chi connectivity index (χ2n) is 9.67. The third-order valence-corrected chi connectivity index (χ3v) is 7.15. The van der Waals surface area contributed by atoms with Gasteiger partial charge in [0.25, 0.3) is 0 Å². The van der Waals surface area contributed by atoms with Crippen molar-refractivity contribution in [3.63, 3.8) is 0 Å². The van der Waals surface area contributed by atoms with Gasteiger partial charge in [-0.3, -0.25) is 13.9 Å². The van der Waals surface area contributed by atoms with Crippen molar-refractivity contribution in [1.82, 2.24) is 10.2 Å². The van der Waals surface area contributed by atoms with Crippen LogP contribution in [0.4, 0.5) is 18.9 Å². The maximum Gasteiger partial charge on any atom is 0.416 e. The van der Waals surface area contributed by atoms with Gasteiger partial charge < -0.3 is 15.0 Å². The van der Waals surface area contributed by atoms with Crippen LogP contribution in [0.2, 0.25) is 0 Å². The van der Waals surface area contributed by atoms with Gasteiger partial charge in [-0.25, -0.2) is 8.42 Å². The average Bonchev–Trinajstić information content (AvgIpc) is 2.86. The van der Waals surface area contributed by atoms with Crippen LogP contribution in [-0.4, -0.2) is 57.6 Å². The number of nitrogens with zero attached hydrogens (tertiary/aromatic N) is 2. The summed E-state index contributed by atoms with van der Waals surface area (Å²) < 4.78 is 70.5. The number of carbonyl (C=O) groups is 2. The molecule has 0 aromatic heterocycles. The highest BCUT2D eigenvalue weighted by Crippen LogP contribution is 2.32. The zero-order chi connectivity index (χ0) is 29.4. The number of nitrogens with one attached hydrogen (secondary N) is 1. The fourth-order valence-electron chi connectivity index (χ4n) is 3.84. The SMILES string of the molecule is COc1cccc(CN(C(=O)CCCN(c2cccc(C(F)(F)F)c2)S(C)(=O)=O)C(C)C(=O)NCC(C)C)c1. The minimum absolute atomic E-state index is 0.0249. The summed E-state index contributed by atoms with van der Waals surface area (Å²) in [6.45, 7) is 5.83. The van der Waals surface area contributed by atoms with E-state index in [2.05, 4.69) is 5.32 Å². The number of ether oxygens (including phenoxy) is 1. The number of anilines is 1. The molecule has 39 heavy (non-hydrogen) atoms. The third kappa shape index (κ3) is 9.76. The van der Waals surface area contributed by atoms with Gasteiger partial charge in [0.2, 0.25) is 21.8 Å². The fourth-order valence-corrected chi connectivity index (χ4v) is 4.80. The highest BCUT2D eigenvalue weighted by atomic mass is 32.2. The molecular weight excluding hydrogens is 535 g/mol. The van der Waals surface area contributed by atoms with Crippen LogP contribution in [0.15, 0.2) is 48.5 Å². The molecule has 0 saturated heterocycles. The molecule has 0 spiro atoms. The molecule has 0 saturated carbocycles. The number of rotatable bonds is 13. The lowest BCUT2D eigenvalue weighted by Crippen LogP contribution is -2.48. The Balaban J connectivity index is 2.23. The molecule has 0 bridgehead atoms. The van der Waals surface area contributed by atoms with Gasteiger partial charge in [-0.05, 0) is 55.2 Å². The van der Waals surface area contributed by atoms with Crippen LogP contribution in [-0.2, 0) is 32.3 Å². The summed E-state index contributed by atoms with van der Waals surface area (Å²) in [7, 11) is -2.42. The number of alkyl halides is 3. The largest absolute Gasteiger partial charge is 0.497 e. The smallest absolute Gasteiger partial charge is 0.416 e. The molecule has 0 aliphatic carbocycles. The molecule has 0 aliphatic rings. The van der Waals surface area contributed by atoms with Crippen molar-refractivity contribution in [3.8, 4) is 5.75 Å². The van der Waals surface area contributed by atoms with Gasteiger partial charge in [-0.2, -0.15) is 13.2 Å². The summed E-state index contributed by atoms with van der Waals surface area (Å²) in [6, 6.07) is 10.3. The predicted molar refractivity (Wildman–Crippen MR) is 144 cm³/mol. The monoisotopic (exact) mass is 571 g/mol. The first-order valence-corrected chi connectivity index (χ1v) is 14.3. The van der Waals surface area contributed by atoms with E-state index in [-0.39, 0.29) is 43.4 Å². The molecule has 216 valence electrons. The van der Waals surface area contributed by atoms with Gasteiger partial charge in [0.15, 0.2) is 0 Å². The van der Waals surface area contributed by atoms with E-state index in [1.165, 1.54) is 18.1 Å². The molecule has 2 aromatic carbocycles. The Morgan fingerprint density at radius 3 is 2.31 bits per heavy atom. The maximum atomic E-state index is 13.3. The molecule has 2 amide bonds. The Morgan fingerprint density at radius 2 is 1.72 bits per heavy atom. The number of halogens is 3. The molecule has 0 heterocycles. The molecule has 1 N–H and O–H groups in total. The quantitative estimate of drug-likeness (QED) is 0.383. The van der Waals surface area contributed by atoms with Crippen LogP contribution in [0.1, 0.15) is 44.7 Å². The molecule has 0 radical (unpaired) electrons. The normalized spacial score (nSPS) is 12.6. The highest BCUT2D eigenvalue weighted by molar-refractivity contribution is 7.92. The Kier molecular flexibility index (Phi) is 11.2. The van der Waals surface area contributed by atoms with Gasteiger partial charge >= 0.3 is 6.18 Å². The molecule has 1 unspecified atom stereocenters. The van der Waals surface area contributed by atoms with Crippen molar-refractivity contribution < 1.29 is 35.9 Å². The predicted octanol–water partition coefficient (Wildman–Crippen LogP) is 4.45. The fraction of sp³-hybridized carbons (Fsp3) is 0.481. The molecule has 8 nitrogen and oxygen atoms in total. The number of hydrogen-bond donors (Lipinski definition) is 1. The second kappa shape index (κ2) is 13.7. The van der Waals surface area contributed by atoms with E-state index >= 15 is 0 Å². The topological polar surface area (TPSA) is 96.0 Å². The van der Waals surface area contributed by atoms with Crippen molar-refractivity contribution in [2.24, 2.45) is 5.92 Å². The van der Waals surface area contributed by atoms with Crippen LogP contribution in [0.5, 0.6) is 5.75 Å². The highest BCUT2D eigenvalue weighted by Gasteiger charge is 2.32. The van der Waals surface area contributed by atoms with Crippen LogP contribution in [0.3, 0.4) is 0 Å². The zero-order valence-electron chi connectivity index (χ0n) is 22.8. The molecule has 0 fully saturated rings. The third-order valence-electron chi connectivity index (χ3n) is 5.95. The summed E-state index contributed by atoms with van der Waals surface area (Å²) in [5, 5.41) is 2.82. The van der Waals surface area contributed by atoms with Crippen LogP contribution in [0, 0.1) is 5.92 Å². The maximum absolute atomic E-state index is 13.3. The van der Waals surface area contributed by atoms with Crippen LogP contribution in [0.25, 0.3) is 0 Å². The molecule has 12 heteroatoms.